The van der Waals surface area contributed by atoms with E-state index in [1.165, 1.54) is 12.5 Å². The van der Waals surface area contributed by atoms with Crippen molar-refractivity contribution in [2.45, 2.75) is 38.3 Å². The van der Waals surface area contributed by atoms with Gasteiger partial charge in [0.2, 0.25) is 0 Å². The Kier molecular flexibility index (Phi) is 5.35. The molecule has 1 aliphatic heterocycles. The fourth-order valence-electron chi connectivity index (χ4n) is 4.06. The Hall–Kier alpha value is -3.48. The quantitative estimate of drug-likeness (QED) is 0.608. The molecule has 7 nitrogen and oxygen atoms in total. The highest BCUT2D eigenvalue weighted by Crippen LogP contribution is 2.29. The predicted molar refractivity (Wildman–Crippen MR) is 108 cm³/mol. The molecule has 2 unspecified atom stereocenters. The lowest BCUT2D eigenvalue weighted by Gasteiger charge is -2.26. The minimum Gasteiger partial charge on any atom is -0.454 e. The van der Waals surface area contributed by atoms with Crippen molar-refractivity contribution in [3.63, 3.8) is 0 Å². The Morgan fingerprint density at radius 3 is 2.40 bits per heavy atom. The van der Waals surface area contributed by atoms with Gasteiger partial charge in [-0.05, 0) is 49.4 Å². The highest BCUT2D eigenvalue weighted by molar-refractivity contribution is 6.22. The molecule has 0 bridgehead atoms. The number of aryl methyl sites for hydroxylation is 1. The zero-order valence-corrected chi connectivity index (χ0v) is 16.6. The molecule has 0 saturated carbocycles. The van der Waals surface area contributed by atoms with Gasteiger partial charge in [-0.1, -0.05) is 36.4 Å². The maximum absolute atomic E-state index is 12.5. The van der Waals surface area contributed by atoms with E-state index in [-0.39, 0.29) is 17.2 Å². The average Bonchev–Trinajstić information content (AvgIpc) is 3.02. The summed E-state index contributed by atoms with van der Waals surface area (Å²) in [5.41, 5.74) is 2.82. The molecular formula is C23H22N2O5. The SMILES string of the molecule is CC(C(=O)OCC(=O)NC1CCCc2ccccc21)N1C(=O)c2ccccc2C1=O. The predicted octanol–water partition coefficient (Wildman–Crippen LogP) is 2.41. The molecule has 0 fully saturated rings. The number of benzene rings is 2. The van der Waals surface area contributed by atoms with Crippen LogP contribution in [0, 0.1) is 0 Å². The molecule has 2 atom stereocenters. The number of nitrogens with zero attached hydrogens (tertiary/aromatic N) is 1. The number of carbonyl (C=O) groups excluding carboxylic acids is 4. The number of amides is 3. The second-order valence-corrected chi connectivity index (χ2v) is 7.52. The van der Waals surface area contributed by atoms with Crippen molar-refractivity contribution in [1.29, 1.82) is 0 Å². The van der Waals surface area contributed by atoms with Gasteiger partial charge in [0.1, 0.15) is 6.04 Å². The molecule has 0 saturated heterocycles. The molecule has 1 aliphatic carbocycles. The lowest BCUT2D eigenvalue weighted by atomic mass is 9.88. The third-order valence-electron chi connectivity index (χ3n) is 5.60. The van der Waals surface area contributed by atoms with E-state index in [4.69, 9.17) is 4.74 Å². The Morgan fingerprint density at radius 1 is 1.07 bits per heavy atom. The number of rotatable bonds is 5. The maximum atomic E-state index is 12.5. The van der Waals surface area contributed by atoms with Crippen LogP contribution in [0.2, 0.25) is 0 Å². The zero-order chi connectivity index (χ0) is 21.3. The number of imide groups is 1. The van der Waals surface area contributed by atoms with Crippen molar-refractivity contribution in [3.8, 4) is 0 Å². The van der Waals surface area contributed by atoms with Crippen LogP contribution in [-0.2, 0) is 20.7 Å². The summed E-state index contributed by atoms with van der Waals surface area (Å²) in [6.07, 6.45) is 2.77. The van der Waals surface area contributed by atoms with Gasteiger partial charge in [0.15, 0.2) is 6.61 Å². The van der Waals surface area contributed by atoms with Crippen LogP contribution in [0.5, 0.6) is 0 Å². The number of fused-ring (bicyclic) bond motifs is 2. The smallest absolute Gasteiger partial charge is 0.329 e. The molecule has 3 amide bonds. The molecule has 2 aromatic rings. The third-order valence-corrected chi connectivity index (χ3v) is 5.60. The summed E-state index contributed by atoms with van der Waals surface area (Å²) in [4.78, 5) is 50.6. The van der Waals surface area contributed by atoms with Crippen LogP contribution < -0.4 is 5.32 Å². The molecular weight excluding hydrogens is 384 g/mol. The van der Waals surface area contributed by atoms with Crippen LogP contribution in [-0.4, -0.2) is 41.2 Å². The van der Waals surface area contributed by atoms with Gasteiger partial charge in [-0.25, -0.2) is 4.79 Å². The van der Waals surface area contributed by atoms with E-state index in [0.717, 1.165) is 29.7 Å². The van der Waals surface area contributed by atoms with Gasteiger partial charge >= 0.3 is 5.97 Å². The largest absolute Gasteiger partial charge is 0.454 e. The maximum Gasteiger partial charge on any atom is 0.329 e. The number of nitrogens with one attached hydrogen (secondary N) is 1. The van der Waals surface area contributed by atoms with Crippen LogP contribution in [0.4, 0.5) is 0 Å². The Balaban J connectivity index is 1.35. The third kappa shape index (κ3) is 3.58. The molecule has 1 heterocycles. The molecule has 4 rings (SSSR count). The minimum absolute atomic E-state index is 0.116. The van der Waals surface area contributed by atoms with E-state index >= 15 is 0 Å². The average molecular weight is 406 g/mol. The van der Waals surface area contributed by atoms with Crippen LogP contribution in [0.1, 0.15) is 57.7 Å². The highest BCUT2D eigenvalue weighted by Gasteiger charge is 2.41. The van der Waals surface area contributed by atoms with Crippen molar-refractivity contribution in [1.82, 2.24) is 10.2 Å². The van der Waals surface area contributed by atoms with Crippen molar-refractivity contribution in [3.05, 3.63) is 70.8 Å². The van der Waals surface area contributed by atoms with E-state index in [9.17, 15) is 19.2 Å². The number of esters is 1. The second-order valence-electron chi connectivity index (χ2n) is 7.52. The van der Waals surface area contributed by atoms with Crippen LogP contribution in [0.25, 0.3) is 0 Å². The molecule has 1 N–H and O–H groups in total. The first kappa shape index (κ1) is 19.8. The normalized spacial score (nSPS) is 18.4. The fraction of sp³-hybridized carbons (Fsp3) is 0.304. The molecule has 154 valence electrons. The van der Waals surface area contributed by atoms with E-state index < -0.39 is 36.3 Å². The van der Waals surface area contributed by atoms with Crippen molar-refractivity contribution in [2.24, 2.45) is 0 Å². The van der Waals surface area contributed by atoms with Crippen LogP contribution in [0.3, 0.4) is 0 Å². The molecule has 2 aromatic carbocycles. The molecule has 0 spiro atoms. The first-order valence-corrected chi connectivity index (χ1v) is 9.98. The van der Waals surface area contributed by atoms with E-state index in [2.05, 4.69) is 11.4 Å². The molecule has 2 aliphatic rings. The van der Waals surface area contributed by atoms with E-state index in [1.807, 2.05) is 18.2 Å². The summed E-state index contributed by atoms with van der Waals surface area (Å²) >= 11 is 0. The first-order valence-electron chi connectivity index (χ1n) is 9.98. The summed E-state index contributed by atoms with van der Waals surface area (Å²) < 4.78 is 5.11. The molecule has 0 radical (unpaired) electrons. The van der Waals surface area contributed by atoms with Gasteiger partial charge in [-0.2, -0.15) is 0 Å². The minimum atomic E-state index is -1.12. The number of hydrogen-bond acceptors (Lipinski definition) is 5. The Bertz CT molecular complexity index is 997. The van der Waals surface area contributed by atoms with Crippen molar-refractivity contribution >= 4 is 23.7 Å². The summed E-state index contributed by atoms with van der Waals surface area (Å²) in [7, 11) is 0. The van der Waals surface area contributed by atoms with Gasteiger partial charge in [0.25, 0.3) is 17.7 Å². The Morgan fingerprint density at radius 2 is 1.70 bits per heavy atom. The lowest BCUT2D eigenvalue weighted by Crippen LogP contribution is -2.44. The van der Waals surface area contributed by atoms with Crippen molar-refractivity contribution in [2.75, 3.05) is 6.61 Å². The highest BCUT2D eigenvalue weighted by atomic mass is 16.5. The zero-order valence-electron chi connectivity index (χ0n) is 16.6. The summed E-state index contributed by atoms with van der Waals surface area (Å²) in [5.74, 6) is -2.30. The standard InChI is InChI=1S/C23H22N2O5/c1-14(25-21(27)17-10-4-5-11-18(17)22(25)28)23(29)30-13-20(26)24-19-12-6-8-15-7-2-3-9-16(15)19/h2-5,7,9-11,14,19H,6,8,12-13H2,1H3,(H,24,26). The van der Waals surface area contributed by atoms with Gasteiger partial charge in [0, 0.05) is 0 Å². The fourth-order valence-corrected chi connectivity index (χ4v) is 4.06. The van der Waals surface area contributed by atoms with Gasteiger partial charge in [0.05, 0.1) is 17.2 Å². The number of hydrogen-bond donors (Lipinski definition) is 1. The van der Waals surface area contributed by atoms with Crippen LogP contribution in [0.15, 0.2) is 48.5 Å². The van der Waals surface area contributed by atoms with Crippen molar-refractivity contribution < 1.29 is 23.9 Å². The molecule has 7 heteroatoms. The topological polar surface area (TPSA) is 92.8 Å². The van der Waals surface area contributed by atoms with Crippen LogP contribution >= 0.6 is 0 Å². The summed E-state index contributed by atoms with van der Waals surface area (Å²) in [6, 6.07) is 13.1. The summed E-state index contributed by atoms with van der Waals surface area (Å²) in [6.45, 7) is 0.949. The van der Waals surface area contributed by atoms with E-state index in [0.29, 0.717) is 0 Å². The van der Waals surface area contributed by atoms with Gasteiger partial charge < -0.3 is 10.1 Å². The molecule has 0 aromatic heterocycles. The second kappa shape index (κ2) is 8.10. The van der Waals surface area contributed by atoms with E-state index in [1.54, 1.807) is 24.3 Å². The molecule has 30 heavy (non-hydrogen) atoms. The summed E-state index contributed by atoms with van der Waals surface area (Å²) in [5, 5.41) is 2.91. The van der Waals surface area contributed by atoms with Gasteiger partial charge in [-0.3, -0.25) is 19.3 Å². The Labute approximate surface area is 174 Å². The number of ether oxygens (including phenoxy) is 1. The number of carbonyl (C=O) groups is 4. The van der Waals surface area contributed by atoms with Gasteiger partial charge in [-0.15, -0.1) is 0 Å². The first-order chi connectivity index (χ1) is 14.5. The monoisotopic (exact) mass is 406 g/mol. The lowest BCUT2D eigenvalue weighted by molar-refractivity contribution is -0.152.